The number of amides is 1. The summed E-state index contributed by atoms with van der Waals surface area (Å²) in [5.74, 6) is -0.888. The van der Waals surface area contributed by atoms with Crippen LogP contribution in [0.1, 0.15) is 43.5 Å². The van der Waals surface area contributed by atoms with Gasteiger partial charge in [-0.3, -0.25) is 10.1 Å². The predicted octanol–water partition coefficient (Wildman–Crippen LogP) is 5.58. The maximum absolute atomic E-state index is 13.1. The molecule has 3 N–H and O–H groups in total. The molecule has 7 nitrogen and oxygen atoms in total. The molecule has 1 heterocycles. The van der Waals surface area contributed by atoms with E-state index in [9.17, 15) is 44.7 Å². The molecule has 1 aliphatic rings. The fraction of sp³-hybridized carbons (Fsp3) is 0.500. The molecular formula is C26H32F6N2O5SSi. The standard InChI is InChI=1S/C26H32F6N2O5SSi/c1-23(2,3)41(4,5)39-12-13-40(37,38)19-10-11-20-16(14-19)15-33-21(20)22(35)34-18-8-6-17(7-9-18)24(36,25(27,28)29)26(30,31)32/h6-11,14,21,33,36H,12-13,15H2,1-5H3,(H,34,35). The Morgan fingerprint density at radius 2 is 1.59 bits per heavy atom. The van der Waals surface area contributed by atoms with Crippen LogP contribution in [0.25, 0.3) is 0 Å². The fourth-order valence-electron chi connectivity index (χ4n) is 4.00. The molecule has 228 valence electrons. The van der Waals surface area contributed by atoms with Gasteiger partial charge in [-0.2, -0.15) is 26.3 Å². The molecule has 0 bridgehead atoms. The van der Waals surface area contributed by atoms with Gasteiger partial charge < -0.3 is 14.8 Å². The van der Waals surface area contributed by atoms with Gasteiger partial charge in [-0.25, -0.2) is 8.42 Å². The van der Waals surface area contributed by atoms with Crippen LogP contribution in [0, 0.1) is 0 Å². The molecule has 0 fully saturated rings. The number of carbonyl (C=O) groups excluding carboxylic acids is 1. The van der Waals surface area contributed by atoms with Gasteiger partial charge in [0.2, 0.25) is 5.91 Å². The molecule has 1 amide bonds. The number of anilines is 1. The van der Waals surface area contributed by atoms with Gasteiger partial charge in [-0.1, -0.05) is 39.0 Å². The Bertz CT molecular complexity index is 1370. The van der Waals surface area contributed by atoms with E-state index in [1.165, 1.54) is 18.2 Å². The molecule has 1 atom stereocenters. The number of aliphatic hydroxyl groups is 1. The first kappa shape index (κ1) is 33.0. The second-order valence-electron chi connectivity index (χ2n) is 11.4. The van der Waals surface area contributed by atoms with Crippen molar-refractivity contribution in [2.75, 3.05) is 17.7 Å². The molecule has 2 aromatic carbocycles. The summed E-state index contributed by atoms with van der Waals surface area (Å²) in [6, 6.07) is 5.85. The van der Waals surface area contributed by atoms with Crippen molar-refractivity contribution in [3.8, 4) is 0 Å². The Morgan fingerprint density at radius 3 is 2.10 bits per heavy atom. The van der Waals surface area contributed by atoms with Crippen molar-refractivity contribution in [1.29, 1.82) is 0 Å². The largest absolute Gasteiger partial charge is 0.430 e. The Labute approximate surface area is 235 Å². The second kappa shape index (κ2) is 11.0. The van der Waals surface area contributed by atoms with Crippen LogP contribution in [0.3, 0.4) is 0 Å². The topological polar surface area (TPSA) is 105 Å². The lowest BCUT2D eigenvalue weighted by Gasteiger charge is -2.36. The van der Waals surface area contributed by atoms with Crippen LogP contribution in [0.5, 0.6) is 0 Å². The van der Waals surface area contributed by atoms with Gasteiger partial charge >= 0.3 is 12.4 Å². The lowest BCUT2D eigenvalue weighted by atomic mass is 9.92. The number of benzene rings is 2. The van der Waals surface area contributed by atoms with E-state index in [2.05, 4.69) is 10.6 Å². The summed E-state index contributed by atoms with van der Waals surface area (Å²) in [4.78, 5) is 12.9. The number of fused-ring (bicyclic) bond motifs is 1. The highest BCUT2D eigenvalue weighted by Crippen LogP contribution is 2.50. The number of hydrogen-bond donors (Lipinski definition) is 3. The summed E-state index contributed by atoms with van der Waals surface area (Å²) in [5.41, 5.74) is -5.63. The van der Waals surface area contributed by atoms with Gasteiger partial charge in [0, 0.05) is 24.4 Å². The molecule has 0 spiro atoms. The van der Waals surface area contributed by atoms with Crippen LogP contribution in [0.4, 0.5) is 32.0 Å². The molecule has 0 radical (unpaired) electrons. The quantitative estimate of drug-likeness (QED) is 0.261. The summed E-state index contributed by atoms with van der Waals surface area (Å²) >= 11 is 0. The van der Waals surface area contributed by atoms with Crippen LogP contribution in [0.15, 0.2) is 47.4 Å². The SMILES string of the molecule is CC(C)(C)[Si](C)(C)OCCS(=O)(=O)c1ccc2c(c1)CNC2C(=O)Nc1ccc(C(O)(C(F)(F)F)C(F)(F)F)cc1. The van der Waals surface area contributed by atoms with E-state index in [1.807, 2.05) is 33.9 Å². The van der Waals surface area contributed by atoms with Gasteiger partial charge in [0.15, 0.2) is 18.2 Å². The summed E-state index contributed by atoms with van der Waals surface area (Å²) in [7, 11) is -5.82. The minimum absolute atomic E-state index is 0.0430. The van der Waals surface area contributed by atoms with Gasteiger partial charge in [0.05, 0.1) is 10.6 Å². The smallest absolute Gasteiger partial charge is 0.416 e. The number of rotatable bonds is 8. The number of alkyl halides is 6. The number of nitrogens with one attached hydrogen (secondary N) is 2. The van der Waals surface area contributed by atoms with Crippen molar-refractivity contribution in [1.82, 2.24) is 5.32 Å². The first-order valence-electron chi connectivity index (χ1n) is 12.5. The monoisotopic (exact) mass is 626 g/mol. The summed E-state index contributed by atoms with van der Waals surface area (Å²) in [5, 5.41) is 14.7. The van der Waals surface area contributed by atoms with Crippen molar-refractivity contribution in [2.45, 2.75) is 74.3 Å². The second-order valence-corrected chi connectivity index (χ2v) is 18.3. The zero-order chi connectivity index (χ0) is 31.2. The molecule has 2 aromatic rings. The van der Waals surface area contributed by atoms with Crippen molar-refractivity contribution in [3.63, 3.8) is 0 Å². The molecule has 41 heavy (non-hydrogen) atoms. The van der Waals surface area contributed by atoms with Crippen molar-refractivity contribution in [2.24, 2.45) is 0 Å². The molecule has 1 aliphatic heterocycles. The van der Waals surface area contributed by atoms with Crippen LogP contribution in [0.2, 0.25) is 18.1 Å². The van der Waals surface area contributed by atoms with Crippen LogP contribution >= 0.6 is 0 Å². The Hall–Kier alpha value is -2.46. The average Bonchev–Trinajstić information content (AvgIpc) is 3.25. The zero-order valence-corrected chi connectivity index (χ0v) is 24.8. The van der Waals surface area contributed by atoms with Crippen molar-refractivity contribution < 1.29 is 49.1 Å². The number of sulfone groups is 1. The van der Waals surface area contributed by atoms with Gasteiger partial charge in [-0.15, -0.1) is 0 Å². The Balaban J connectivity index is 1.71. The van der Waals surface area contributed by atoms with Gasteiger partial charge in [0.25, 0.3) is 5.60 Å². The third-order valence-electron chi connectivity index (χ3n) is 7.56. The molecular weight excluding hydrogens is 594 g/mol. The van der Waals surface area contributed by atoms with E-state index < -0.39 is 53.6 Å². The highest BCUT2D eigenvalue weighted by atomic mass is 32.2. The first-order valence-corrected chi connectivity index (χ1v) is 17.1. The lowest BCUT2D eigenvalue weighted by Crippen LogP contribution is -2.53. The predicted molar refractivity (Wildman–Crippen MR) is 142 cm³/mol. The van der Waals surface area contributed by atoms with Crippen molar-refractivity contribution in [3.05, 3.63) is 59.2 Å². The van der Waals surface area contributed by atoms with E-state index in [0.29, 0.717) is 23.3 Å². The molecule has 15 heteroatoms. The summed E-state index contributed by atoms with van der Waals surface area (Å²) in [6.45, 7) is 10.4. The zero-order valence-electron chi connectivity index (χ0n) is 23.0. The Morgan fingerprint density at radius 1 is 1.02 bits per heavy atom. The molecule has 0 saturated carbocycles. The van der Waals surface area contributed by atoms with Crippen LogP contribution in [-0.2, 0) is 31.2 Å². The molecule has 3 rings (SSSR count). The van der Waals surface area contributed by atoms with Crippen molar-refractivity contribution >= 4 is 29.7 Å². The average molecular weight is 627 g/mol. The summed E-state index contributed by atoms with van der Waals surface area (Å²) in [6.07, 6.45) is -12.1. The fourth-order valence-corrected chi connectivity index (χ4v) is 6.33. The minimum atomic E-state index is -6.03. The van der Waals surface area contributed by atoms with Crippen LogP contribution in [-0.4, -0.2) is 52.5 Å². The van der Waals surface area contributed by atoms with E-state index in [0.717, 1.165) is 12.1 Å². The van der Waals surface area contributed by atoms with Gasteiger partial charge in [-0.05, 0) is 53.5 Å². The molecule has 0 aromatic heterocycles. The highest BCUT2D eigenvalue weighted by Gasteiger charge is 2.71. The van der Waals surface area contributed by atoms with E-state index in [4.69, 9.17) is 4.43 Å². The third kappa shape index (κ3) is 6.63. The lowest BCUT2D eigenvalue weighted by molar-refractivity contribution is -0.376. The maximum atomic E-state index is 13.1. The first-order chi connectivity index (χ1) is 18.5. The third-order valence-corrected chi connectivity index (χ3v) is 13.8. The minimum Gasteiger partial charge on any atom is -0.416 e. The van der Waals surface area contributed by atoms with Crippen LogP contribution < -0.4 is 10.6 Å². The maximum Gasteiger partial charge on any atom is 0.430 e. The van der Waals surface area contributed by atoms with E-state index >= 15 is 0 Å². The number of hydrogen-bond acceptors (Lipinski definition) is 6. The molecule has 0 saturated heterocycles. The number of halogens is 6. The normalized spacial score (nSPS) is 16.9. The summed E-state index contributed by atoms with van der Waals surface area (Å²) < 4.78 is 110. The highest BCUT2D eigenvalue weighted by molar-refractivity contribution is 7.91. The number of carbonyl (C=O) groups is 1. The van der Waals surface area contributed by atoms with Gasteiger partial charge in [0.1, 0.15) is 6.04 Å². The molecule has 0 aliphatic carbocycles. The van der Waals surface area contributed by atoms with E-state index in [-0.39, 0.29) is 34.5 Å². The van der Waals surface area contributed by atoms with E-state index in [1.54, 1.807) is 0 Å². The Kier molecular flexibility index (Phi) is 8.85. The molecule has 1 unspecified atom stereocenters.